The summed E-state index contributed by atoms with van der Waals surface area (Å²) < 4.78 is 6.19. The molecule has 0 spiro atoms. The first-order chi connectivity index (χ1) is 16.7. The average Bonchev–Trinajstić information content (AvgIpc) is 3.22. The lowest BCUT2D eigenvalue weighted by Crippen LogP contribution is -2.38. The topological polar surface area (TPSA) is 106 Å². The number of furan rings is 1. The minimum absolute atomic E-state index is 0.0588. The molecule has 5 rings (SSSR count). The molecule has 1 aliphatic heterocycles. The fraction of sp³-hybridized carbons (Fsp3) is 0.259. The Morgan fingerprint density at radius 2 is 1.80 bits per heavy atom. The van der Waals surface area contributed by atoms with E-state index < -0.39 is 11.0 Å². The van der Waals surface area contributed by atoms with Gasteiger partial charge in [0, 0.05) is 30.7 Å². The van der Waals surface area contributed by atoms with Crippen LogP contribution in [-0.2, 0) is 9.59 Å². The maximum Gasteiger partial charge on any atom is 0.280 e. The summed E-state index contributed by atoms with van der Waals surface area (Å²) in [5, 5.41) is 15.0. The van der Waals surface area contributed by atoms with Crippen LogP contribution in [0.15, 0.2) is 76.4 Å². The first-order valence-corrected chi connectivity index (χ1v) is 11.4. The van der Waals surface area contributed by atoms with Crippen molar-refractivity contribution in [2.24, 2.45) is 5.41 Å². The largest absolute Gasteiger partial charge is 0.458 e. The number of nitro benzene ring substituents is 1. The number of allylic oxidation sites excluding steroid dienone is 1. The lowest BCUT2D eigenvalue weighted by atomic mass is 9.74. The second-order valence-electron chi connectivity index (χ2n) is 9.74. The second kappa shape index (κ2) is 8.23. The highest BCUT2D eigenvalue weighted by atomic mass is 16.6. The molecule has 1 aliphatic carbocycles. The average molecular weight is 472 g/mol. The number of nitrogens with zero attached hydrogens (tertiary/aromatic N) is 2. The van der Waals surface area contributed by atoms with Crippen LogP contribution in [0.25, 0.3) is 11.3 Å². The molecular weight excluding hydrogens is 446 g/mol. The van der Waals surface area contributed by atoms with Gasteiger partial charge in [0.25, 0.3) is 5.69 Å². The molecule has 8 nitrogen and oxygen atoms in total. The Labute approximate surface area is 202 Å². The summed E-state index contributed by atoms with van der Waals surface area (Å²) in [6.45, 7) is 5.55. The molecule has 1 N–H and O–H groups in total. The Morgan fingerprint density at radius 1 is 1.09 bits per heavy atom. The number of para-hydroxylation sites is 3. The predicted octanol–water partition coefficient (Wildman–Crippen LogP) is 6.02. The van der Waals surface area contributed by atoms with Crippen molar-refractivity contribution in [2.45, 2.75) is 39.7 Å². The Balaban J connectivity index is 1.72. The number of rotatable bonds is 3. The van der Waals surface area contributed by atoms with Crippen molar-refractivity contribution in [3.63, 3.8) is 0 Å². The molecule has 0 unspecified atom stereocenters. The van der Waals surface area contributed by atoms with E-state index in [1.54, 1.807) is 35.2 Å². The van der Waals surface area contributed by atoms with Gasteiger partial charge in [-0.05, 0) is 42.2 Å². The van der Waals surface area contributed by atoms with E-state index in [-0.39, 0.29) is 22.8 Å². The van der Waals surface area contributed by atoms with Gasteiger partial charge in [-0.25, -0.2) is 0 Å². The maximum absolute atomic E-state index is 13.6. The predicted molar refractivity (Wildman–Crippen MR) is 132 cm³/mol. The van der Waals surface area contributed by atoms with Gasteiger partial charge < -0.3 is 9.73 Å². The van der Waals surface area contributed by atoms with Crippen molar-refractivity contribution in [3.8, 4) is 11.3 Å². The standard InChI is InChI=1S/C27H25N3O5/c1-16(31)29-21-11-7-5-9-18(21)28-19-14-27(2,3)15-22(32)25(19)26(29)24-13-12-23(35-24)17-8-4-6-10-20(17)30(33)34/h4-13,26,28H,14-15H2,1-3H3/t26-/m0/s1. The Morgan fingerprint density at radius 3 is 2.54 bits per heavy atom. The monoisotopic (exact) mass is 471 g/mol. The van der Waals surface area contributed by atoms with Crippen LogP contribution in [-0.4, -0.2) is 16.6 Å². The van der Waals surface area contributed by atoms with Crippen LogP contribution in [0.1, 0.15) is 45.4 Å². The summed E-state index contributed by atoms with van der Waals surface area (Å²) in [6, 6.07) is 16.3. The van der Waals surface area contributed by atoms with Gasteiger partial charge in [0.15, 0.2) is 5.78 Å². The first kappa shape index (κ1) is 22.6. The summed E-state index contributed by atoms with van der Waals surface area (Å²) in [5.41, 5.74) is 2.61. The highest BCUT2D eigenvalue weighted by Crippen LogP contribution is 2.49. The van der Waals surface area contributed by atoms with E-state index in [0.29, 0.717) is 41.2 Å². The molecule has 8 heteroatoms. The number of Topliss-reactive ketones (excluding diaryl/α,β-unsaturated/α-hetero) is 1. The molecule has 0 saturated carbocycles. The van der Waals surface area contributed by atoms with Gasteiger partial charge in [0.1, 0.15) is 17.6 Å². The molecule has 2 aromatic carbocycles. The van der Waals surface area contributed by atoms with E-state index in [2.05, 4.69) is 5.32 Å². The van der Waals surface area contributed by atoms with Crippen LogP contribution in [0.3, 0.4) is 0 Å². The van der Waals surface area contributed by atoms with Crippen molar-refractivity contribution in [1.82, 2.24) is 0 Å². The summed E-state index contributed by atoms with van der Waals surface area (Å²) in [6.07, 6.45) is 0.964. The molecule has 1 aromatic heterocycles. The molecular formula is C27H25N3O5. The van der Waals surface area contributed by atoms with Crippen molar-refractivity contribution in [2.75, 3.05) is 10.2 Å². The van der Waals surface area contributed by atoms with E-state index in [1.165, 1.54) is 13.0 Å². The zero-order valence-electron chi connectivity index (χ0n) is 19.7. The van der Waals surface area contributed by atoms with E-state index in [9.17, 15) is 19.7 Å². The molecule has 178 valence electrons. The third kappa shape index (κ3) is 3.90. The quantitative estimate of drug-likeness (QED) is 0.370. The molecule has 0 bridgehead atoms. The number of carbonyl (C=O) groups is 2. The number of hydrogen-bond acceptors (Lipinski definition) is 6. The number of amides is 1. The molecule has 1 amide bonds. The molecule has 0 saturated heterocycles. The molecule has 0 fully saturated rings. The molecule has 3 aromatic rings. The van der Waals surface area contributed by atoms with Gasteiger partial charge >= 0.3 is 0 Å². The minimum atomic E-state index is -0.807. The highest BCUT2D eigenvalue weighted by Gasteiger charge is 2.44. The maximum atomic E-state index is 13.6. The van der Waals surface area contributed by atoms with E-state index in [1.807, 2.05) is 38.1 Å². The smallest absolute Gasteiger partial charge is 0.280 e. The van der Waals surface area contributed by atoms with Gasteiger partial charge in [-0.1, -0.05) is 38.1 Å². The number of carbonyl (C=O) groups excluding carboxylic acids is 2. The van der Waals surface area contributed by atoms with Crippen LogP contribution < -0.4 is 10.2 Å². The lowest BCUT2D eigenvalue weighted by molar-refractivity contribution is -0.384. The number of ketones is 1. The van der Waals surface area contributed by atoms with Gasteiger partial charge in [0.05, 0.1) is 21.9 Å². The SMILES string of the molecule is CC(=O)N1c2ccccc2NC2=C(C(=O)CC(C)(C)C2)[C@@H]1c1ccc(-c2ccccc2[N+](=O)[O-])o1. The summed E-state index contributed by atoms with van der Waals surface area (Å²) in [4.78, 5) is 39.3. The first-order valence-electron chi connectivity index (χ1n) is 11.4. The van der Waals surface area contributed by atoms with Crippen LogP contribution in [0, 0.1) is 15.5 Å². The van der Waals surface area contributed by atoms with Crippen LogP contribution in [0.5, 0.6) is 0 Å². The third-order valence-corrected chi connectivity index (χ3v) is 6.50. The number of nitrogens with one attached hydrogen (secondary N) is 1. The number of nitro groups is 1. The third-order valence-electron chi connectivity index (χ3n) is 6.50. The molecule has 2 heterocycles. The molecule has 0 radical (unpaired) electrons. The van der Waals surface area contributed by atoms with Crippen LogP contribution >= 0.6 is 0 Å². The Hall–Kier alpha value is -4.20. The summed E-state index contributed by atoms with van der Waals surface area (Å²) in [5.74, 6) is 0.357. The Kier molecular flexibility index (Phi) is 5.31. The van der Waals surface area contributed by atoms with E-state index >= 15 is 0 Å². The van der Waals surface area contributed by atoms with Crippen molar-refractivity contribution in [3.05, 3.63) is 87.8 Å². The van der Waals surface area contributed by atoms with Crippen LogP contribution in [0.2, 0.25) is 0 Å². The number of benzene rings is 2. The fourth-order valence-electron chi connectivity index (χ4n) is 5.09. The Bertz CT molecular complexity index is 1400. The molecule has 1 atom stereocenters. The lowest BCUT2D eigenvalue weighted by Gasteiger charge is -2.35. The van der Waals surface area contributed by atoms with Crippen molar-refractivity contribution < 1.29 is 18.9 Å². The van der Waals surface area contributed by atoms with Gasteiger partial charge in [-0.3, -0.25) is 24.6 Å². The normalized spacial score (nSPS) is 18.9. The number of anilines is 2. The van der Waals surface area contributed by atoms with Crippen LogP contribution in [0.4, 0.5) is 17.1 Å². The van der Waals surface area contributed by atoms with Gasteiger partial charge in [0.2, 0.25) is 5.91 Å². The van der Waals surface area contributed by atoms with E-state index in [4.69, 9.17) is 4.42 Å². The van der Waals surface area contributed by atoms with Crippen molar-refractivity contribution >= 4 is 28.8 Å². The van der Waals surface area contributed by atoms with E-state index in [0.717, 1.165) is 11.4 Å². The summed E-state index contributed by atoms with van der Waals surface area (Å²) in [7, 11) is 0. The zero-order chi connectivity index (χ0) is 24.9. The minimum Gasteiger partial charge on any atom is -0.458 e. The van der Waals surface area contributed by atoms with Gasteiger partial charge in [-0.2, -0.15) is 0 Å². The zero-order valence-corrected chi connectivity index (χ0v) is 19.7. The highest BCUT2D eigenvalue weighted by molar-refractivity contribution is 6.05. The van der Waals surface area contributed by atoms with Crippen molar-refractivity contribution in [1.29, 1.82) is 0 Å². The fourth-order valence-corrected chi connectivity index (χ4v) is 5.09. The molecule has 35 heavy (non-hydrogen) atoms. The second-order valence-corrected chi connectivity index (χ2v) is 9.74. The molecule has 2 aliphatic rings. The number of hydrogen-bond donors (Lipinski definition) is 1. The summed E-state index contributed by atoms with van der Waals surface area (Å²) >= 11 is 0. The number of fused-ring (bicyclic) bond motifs is 1. The van der Waals surface area contributed by atoms with Gasteiger partial charge in [-0.15, -0.1) is 0 Å².